The molecule has 4 rings (SSSR count). The number of benzene rings is 3. The molecule has 1 aliphatic heterocycles. The van der Waals surface area contributed by atoms with Crippen LogP contribution in [0.4, 0.5) is 11.4 Å². The summed E-state index contributed by atoms with van der Waals surface area (Å²) < 4.78 is 68.0. The van der Waals surface area contributed by atoms with Crippen LogP contribution in [0.25, 0.3) is 10.8 Å². The summed E-state index contributed by atoms with van der Waals surface area (Å²) in [6, 6.07) is 11.1. The van der Waals surface area contributed by atoms with Gasteiger partial charge in [0.1, 0.15) is 15.8 Å². The molecule has 15 nitrogen and oxygen atoms in total. The minimum absolute atomic E-state index is 0. The number of azo groups is 1. The van der Waals surface area contributed by atoms with Gasteiger partial charge in [-0.3, -0.25) is 14.2 Å². The van der Waals surface area contributed by atoms with E-state index in [1.54, 1.807) is 29.2 Å². The third-order valence-electron chi connectivity index (χ3n) is 6.18. The van der Waals surface area contributed by atoms with Gasteiger partial charge >= 0.3 is 18.9 Å². The number of hydrogen-bond acceptors (Lipinski definition) is 13. The number of hydrazone groups is 1. The second-order valence-electron chi connectivity index (χ2n) is 9.20. The van der Waals surface area contributed by atoms with E-state index < -0.39 is 42.0 Å². The van der Waals surface area contributed by atoms with Gasteiger partial charge in [0.15, 0.2) is 6.04 Å². The molecule has 45 heavy (non-hydrogen) atoms. The molecule has 0 fully saturated rings. The molecule has 4 N–H and O–H groups in total. The number of nitrogens with zero attached hydrogens (tertiary/aromatic N) is 5. The van der Waals surface area contributed by atoms with E-state index in [4.69, 9.17) is 26.9 Å². The van der Waals surface area contributed by atoms with Gasteiger partial charge in [-0.05, 0) is 36.6 Å². The third kappa shape index (κ3) is 9.85. The summed E-state index contributed by atoms with van der Waals surface area (Å²) in [4.78, 5) is 13.7. The van der Waals surface area contributed by atoms with Crippen molar-refractivity contribution in [2.75, 3.05) is 44.5 Å². The first-order valence-corrected chi connectivity index (χ1v) is 16.0. The van der Waals surface area contributed by atoms with Gasteiger partial charge in [-0.1, -0.05) is 41.9 Å². The van der Waals surface area contributed by atoms with Gasteiger partial charge in [-0.2, -0.15) is 28.8 Å². The van der Waals surface area contributed by atoms with Gasteiger partial charge in [0, 0.05) is 25.0 Å². The third-order valence-corrected chi connectivity index (χ3v) is 8.28. The quantitative estimate of drug-likeness (QED) is 0.107. The monoisotopic (exact) mass is 677 g/mol. The first-order chi connectivity index (χ1) is 20.7. The molecule has 0 spiro atoms. The van der Waals surface area contributed by atoms with Crippen LogP contribution in [0.2, 0.25) is 5.02 Å². The Hall–Kier alpha value is -2.79. The maximum absolute atomic E-state index is 13.0. The van der Waals surface area contributed by atoms with Crippen molar-refractivity contribution in [2.24, 2.45) is 15.3 Å². The maximum atomic E-state index is 13.0. The molecular weight excluding hydrogens is 649 g/mol. The van der Waals surface area contributed by atoms with E-state index in [1.807, 2.05) is 0 Å². The molecule has 0 saturated carbocycles. The normalized spacial score (nSPS) is 15.3. The van der Waals surface area contributed by atoms with Crippen molar-refractivity contribution < 1.29 is 64.9 Å². The molecule has 1 aliphatic rings. The fourth-order valence-corrected chi connectivity index (χ4v) is 5.65. The average Bonchev–Trinajstić information content (AvgIpc) is 3.23. The summed E-state index contributed by atoms with van der Waals surface area (Å²) in [7, 11) is -9.51. The molecule has 1 unspecified atom stereocenters. The summed E-state index contributed by atoms with van der Waals surface area (Å²) in [5, 5.41) is 38.7. The van der Waals surface area contributed by atoms with Crippen LogP contribution in [0.1, 0.15) is 6.92 Å². The van der Waals surface area contributed by atoms with E-state index in [0.717, 1.165) is 17.1 Å². The molecule has 0 aliphatic carbocycles. The van der Waals surface area contributed by atoms with E-state index in [-0.39, 0.29) is 66.2 Å². The van der Waals surface area contributed by atoms with Gasteiger partial charge in [-0.15, -0.1) is 0 Å². The van der Waals surface area contributed by atoms with E-state index in [0.29, 0.717) is 25.0 Å². The Balaban J connectivity index is 0.000000555. The Morgan fingerprint density at radius 1 is 0.978 bits per heavy atom. The van der Waals surface area contributed by atoms with Crippen LogP contribution in [0.3, 0.4) is 0 Å². The van der Waals surface area contributed by atoms with Gasteiger partial charge in [0.25, 0.3) is 16.0 Å². The minimum Gasteiger partial charge on any atom is -0.744 e. The number of rotatable bonds is 11. The molecular formula is C26H29ClLiN5O10S2. The number of halogens is 1. The molecule has 1 atom stereocenters. The fourth-order valence-electron chi connectivity index (χ4n) is 4.13. The minimum atomic E-state index is -4.94. The fraction of sp³-hybridized carbons (Fsp3) is 0.308. The number of aliphatic hydroxyl groups excluding tert-OH is 3. The van der Waals surface area contributed by atoms with Gasteiger partial charge in [0.05, 0.1) is 46.0 Å². The molecule has 3 aromatic carbocycles. The second-order valence-corrected chi connectivity index (χ2v) is 12.3. The summed E-state index contributed by atoms with van der Waals surface area (Å²) in [5.74, 6) is -0.761. The zero-order valence-corrected chi connectivity index (χ0v) is 26.6. The Morgan fingerprint density at radius 3 is 2.13 bits per heavy atom. The van der Waals surface area contributed by atoms with Crippen molar-refractivity contribution in [3.05, 3.63) is 59.6 Å². The zero-order chi connectivity index (χ0) is 32.7. The van der Waals surface area contributed by atoms with Crippen molar-refractivity contribution in [3.63, 3.8) is 0 Å². The molecule has 0 saturated heterocycles. The van der Waals surface area contributed by atoms with Gasteiger partial charge in [-0.25, -0.2) is 8.42 Å². The number of fused-ring (bicyclic) bond motifs is 1. The molecule has 19 heteroatoms. The topological polar surface area (TPSA) is 233 Å². The number of carbonyl (C=O) groups excluding carboxylic acids is 1. The molecule has 0 aromatic heterocycles. The standard InChI is InChI=1S/C20H15ClN4O7S2.C6H15NO3.Li/c1-11-18(20(26)25(24-11)17-10-13(33(27,28)29)7-8-15(17)21)23-22-16-9-6-12-4-2-3-5-14(12)19(16)34(30,31)32;8-4-1-7(2-5-9)3-6-10;/h2-10,18H,1H3,(H,27,28,29)(H,30,31,32);8-10H,1-6H2;/q;;+1/p-1. The van der Waals surface area contributed by atoms with Gasteiger partial charge < -0.3 is 19.9 Å². The number of anilines is 1. The molecule has 0 bridgehead atoms. The number of aliphatic hydroxyl groups is 3. The Labute approximate surface area is 276 Å². The number of carbonyl (C=O) groups is 1. The van der Waals surface area contributed by atoms with E-state index in [1.165, 1.54) is 25.1 Å². The van der Waals surface area contributed by atoms with Crippen LogP contribution >= 0.6 is 11.6 Å². The second kappa shape index (κ2) is 16.7. The van der Waals surface area contributed by atoms with Crippen molar-refractivity contribution in [2.45, 2.75) is 22.8 Å². The van der Waals surface area contributed by atoms with Crippen LogP contribution < -0.4 is 23.9 Å². The Kier molecular flexibility index (Phi) is 14.2. The van der Waals surface area contributed by atoms with Crippen LogP contribution in [0.5, 0.6) is 0 Å². The van der Waals surface area contributed by atoms with Crippen molar-refractivity contribution in [3.8, 4) is 0 Å². The average molecular weight is 678 g/mol. The van der Waals surface area contributed by atoms with Crippen LogP contribution in [0.15, 0.2) is 79.7 Å². The zero-order valence-electron chi connectivity index (χ0n) is 24.2. The molecule has 238 valence electrons. The smallest absolute Gasteiger partial charge is 0.744 e. The van der Waals surface area contributed by atoms with E-state index >= 15 is 0 Å². The summed E-state index contributed by atoms with van der Waals surface area (Å²) in [6.45, 7) is 3.21. The van der Waals surface area contributed by atoms with E-state index in [2.05, 4.69) is 15.3 Å². The molecule has 0 radical (unpaired) electrons. The van der Waals surface area contributed by atoms with Crippen LogP contribution in [-0.4, -0.2) is 103 Å². The van der Waals surface area contributed by atoms with E-state index in [9.17, 15) is 30.7 Å². The van der Waals surface area contributed by atoms with Crippen molar-refractivity contribution >= 4 is 65.6 Å². The summed E-state index contributed by atoms with van der Waals surface area (Å²) in [6.07, 6.45) is 0. The largest absolute Gasteiger partial charge is 1.00 e. The number of hydrogen-bond donors (Lipinski definition) is 4. The summed E-state index contributed by atoms with van der Waals surface area (Å²) in [5.41, 5.74) is -0.221. The van der Waals surface area contributed by atoms with Crippen molar-refractivity contribution in [1.29, 1.82) is 0 Å². The Morgan fingerprint density at radius 2 is 1.58 bits per heavy atom. The van der Waals surface area contributed by atoms with Crippen molar-refractivity contribution in [1.82, 2.24) is 4.90 Å². The predicted octanol–water partition coefficient (Wildman–Crippen LogP) is -1.21. The SMILES string of the molecule is CC1=NN(c2cc(S(=O)(=O)O)ccc2Cl)C(=O)C1N=Nc1ccc2ccccc2c1S(=O)(=O)[O-].OCCN(CCO)CCO.[Li+]. The maximum Gasteiger partial charge on any atom is 1.00 e. The van der Waals surface area contributed by atoms with Gasteiger partial charge in [0.2, 0.25) is 0 Å². The first-order valence-electron chi connectivity index (χ1n) is 12.8. The molecule has 3 aromatic rings. The number of amides is 1. The van der Waals surface area contributed by atoms with Crippen LogP contribution in [0, 0.1) is 0 Å². The Bertz CT molecular complexity index is 1780. The first kappa shape index (κ1) is 38.4. The molecule has 1 amide bonds. The molecule has 1 heterocycles. The summed E-state index contributed by atoms with van der Waals surface area (Å²) >= 11 is 6.09. The predicted molar refractivity (Wildman–Crippen MR) is 160 cm³/mol. The van der Waals surface area contributed by atoms with Crippen LogP contribution in [-0.2, 0) is 25.0 Å².